The van der Waals surface area contributed by atoms with Gasteiger partial charge in [-0.3, -0.25) is 29.1 Å². The Bertz CT molecular complexity index is 728. The van der Waals surface area contributed by atoms with Crippen molar-refractivity contribution in [2.75, 3.05) is 72.6 Å². The number of carboxylic acid groups (broad SMARTS) is 3. The summed E-state index contributed by atoms with van der Waals surface area (Å²) in [6.07, 6.45) is 1.65. The molecule has 0 fully saturated rings. The maximum atomic E-state index is 11.3. The fourth-order valence-corrected chi connectivity index (χ4v) is 3.29. The molecule has 0 aliphatic rings. The molecule has 0 spiro atoms. The zero-order chi connectivity index (χ0) is 26.6. The predicted molar refractivity (Wildman–Crippen MR) is 135 cm³/mol. The molecule has 1 aromatic rings. The molecule has 3 N–H and O–H groups in total. The van der Waals surface area contributed by atoms with Crippen molar-refractivity contribution in [3.63, 3.8) is 0 Å². The fourth-order valence-electron chi connectivity index (χ4n) is 3.29. The second kappa shape index (κ2) is 19.7. The van der Waals surface area contributed by atoms with E-state index in [0.29, 0.717) is 45.9 Å². The van der Waals surface area contributed by atoms with Gasteiger partial charge in [0.05, 0.1) is 32.8 Å². The Morgan fingerprint density at radius 1 is 0.743 bits per heavy atom. The average Bonchev–Trinajstić information content (AvgIpc) is 2.78. The minimum Gasteiger partial charge on any atom is -0.480 e. The molecule has 0 aliphatic carbocycles. The van der Waals surface area contributed by atoms with Crippen LogP contribution in [-0.2, 0) is 25.5 Å². The molecule has 35 heavy (non-hydrogen) atoms. The molecule has 0 saturated heterocycles. The largest absolute Gasteiger partial charge is 0.480 e. The van der Waals surface area contributed by atoms with Crippen LogP contribution >= 0.6 is 0 Å². The molecule has 0 bridgehead atoms. The van der Waals surface area contributed by atoms with Crippen molar-refractivity contribution in [1.29, 1.82) is 0 Å². The normalized spacial score (nSPS) is 10.9. The topological polar surface area (TPSA) is 131 Å². The average molecular weight is 498 g/mol. The van der Waals surface area contributed by atoms with Gasteiger partial charge in [-0.05, 0) is 38.9 Å². The van der Waals surface area contributed by atoms with Gasteiger partial charge >= 0.3 is 17.9 Å². The van der Waals surface area contributed by atoms with Crippen LogP contribution < -0.4 is 0 Å². The Morgan fingerprint density at radius 2 is 1.23 bits per heavy atom. The SMILES string of the molecule is CC.Cc1ccc(CCCN(CCN(CCOCCN(C)CC(=O)O)CC(=O)O)CC(=O)O)cc1. The van der Waals surface area contributed by atoms with Crippen molar-refractivity contribution in [3.05, 3.63) is 35.4 Å². The highest BCUT2D eigenvalue weighted by Crippen LogP contribution is 2.07. The summed E-state index contributed by atoms with van der Waals surface area (Å²) >= 11 is 0. The number of hydrogen-bond acceptors (Lipinski definition) is 7. The van der Waals surface area contributed by atoms with Gasteiger partial charge in [-0.1, -0.05) is 43.7 Å². The summed E-state index contributed by atoms with van der Waals surface area (Å²) in [5.41, 5.74) is 2.40. The molecular formula is C25H43N3O7. The summed E-state index contributed by atoms with van der Waals surface area (Å²) in [6.45, 7) is 8.65. The zero-order valence-corrected chi connectivity index (χ0v) is 21.6. The van der Waals surface area contributed by atoms with Crippen LogP contribution in [0.3, 0.4) is 0 Å². The summed E-state index contributed by atoms with van der Waals surface area (Å²) in [5, 5.41) is 27.2. The van der Waals surface area contributed by atoms with Crippen LogP contribution in [0.15, 0.2) is 24.3 Å². The van der Waals surface area contributed by atoms with Crippen molar-refractivity contribution >= 4 is 17.9 Å². The van der Waals surface area contributed by atoms with Gasteiger partial charge in [0.2, 0.25) is 0 Å². The minimum atomic E-state index is -0.958. The third-order valence-electron chi connectivity index (χ3n) is 5.08. The number of nitrogens with zero attached hydrogens (tertiary/aromatic N) is 3. The number of carbonyl (C=O) groups is 3. The Kier molecular flexibility index (Phi) is 18.3. The molecular weight excluding hydrogens is 454 g/mol. The maximum Gasteiger partial charge on any atom is 0.317 e. The number of aryl methyl sites for hydroxylation is 2. The monoisotopic (exact) mass is 497 g/mol. The first kappa shape index (κ1) is 32.5. The lowest BCUT2D eigenvalue weighted by molar-refractivity contribution is -0.140. The van der Waals surface area contributed by atoms with Gasteiger partial charge in [0.25, 0.3) is 0 Å². The third kappa shape index (κ3) is 18.5. The highest BCUT2D eigenvalue weighted by atomic mass is 16.5. The second-order valence-corrected chi connectivity index (χ2v) is 8.17. The van der Waals surface area contributed by atoms with E-state index in [2.05, 4.69) is 24.3 Å². The maximum absolute atomic E-state index is 11.3. The first-order valence-electron chi connectivity index (χ1n) is 12.1. The van der Waals surface area contributed by atoms with Gasteiger partial charge in [0.1, 0.15) is 0 Å². The standard InChI is InChI=1S/C23H37N3O7.C2H6/c1-19-5-7-20(8-6-19)4-3-9-25(17-22(29)30)10-11-26(18-23(31)32)13-15-33-14-12-24(2)16-21(27)28;1-2/h5-8H,3-4,9-18H2,1-2H3,(H,27,28)(H,29,30)(H,31,32);1-2H3. The molecule has 0 saturated carbocycles. The number of likely N-dealkylation sites (N-methyl/N-ethyl adjacent to an activating group) is 1. The fraction of sp³-hybridized carbons (Fsp3) is 0.640. The summed E-state index contributed by atoms with van der Waals surface area (Å²) < 4.78 is 5.51. The molecule has 0 unspecified atom stereocenters. The quantitative estimate of drug-likeness (QED) is 0.243. The van der Waals surface area contributed by atoms with Crippen LogP contribution in [0.2, 0.25) is 0 Å². The van der Waals surface area contributed by atoms with Gasteiger partial charge in [-0.15, -0.1) is 0 Å². The smallest absolute Gasteiger partial charge is 0.317 e. The van der Waals surface area contributed by atoms with Gasteiger partial charge in [0.15, 0.2) is 0 Å². The molecule has 0 amide bonds. The molecule has 0 radical (unpaired) electrons. The summed E-state index contributed by atoms with van der Waals surface area (Å²) in [4.78, 5) is 38.3. The number of carboxylic acids is 3. The van der Waals surface area contributed by atoms with Crippen LogP contribution in [0.5, 0.6) is 0 Å². The van der Waals surface area contributed by atoms with E-state index in [1.54, 1.807) is 16.8 Å². The van der Waals surface area contributed by atoms with Gasteiger partial charge in [-0.25, -0.2) is 0 Å². The van der Waals surface area contributed by atoms with E-state index < -0.39 is 17.9 Å². The first-order valence-corrected chi connectivity index (χ1v) is 12.1. The van der Waals surface area contributed by atoms with Gasteiger partial charge < -0.3 is 20.1 Å². The molecule has 0 aromatic heterocycles. The van der Waals surface area contributed by atoms with Crippen molar-refractivity contribution in [1.82, 2.24) is 14.7 Å². The van der Waals surface area contributed by atoms with Gasteiger partial charge in [0, 0.05) is 26.2 Å². The van der Waals surface area contributed by atoms with Crippen LogP contribution in [-0.4, -0.2) is 121 Å². The van der Waals surface area contributed by atoms with Crippen LogP contribution in [0.4, 0.5) is 0 Å². The molecule has 0 aliphatic heterocycles. The highest BCUT2D eigenvalue weighted by molar-refractivity contribution is 5.69. The third-order valence-corrected chi connectivity index (χ3v) is 5.08. The predicted octanol–water partition coefficient (Wildman–Crippen LogP) is 1.76. The van der Waals surface area contributed by atoms with E-state index in [-0.39, 0.29) is 19.6 Å². The lowest BCUT2D eigenvalue weighted by Gasteiger charge is -2.26. The first-order chi connectivity index (χ1) is 16.7. The van der Waals surface area contributed by atoms with Crippen molar-refractivity contribution in [2.24, 2.45) is 0 Å². The second-order valence-electron chi connectivity index (χ2n) is 8.17. The van der Waals surface area contributed by atoms with Crippen LogP contribution in [0.25, 0.3) is 0 Å². The summed E-state index contributed by atoms with van der Waals surface area (Å²) in [5.74, 6) is -2.78. The Balaban J connectivity index is 0.00000562. The summed E-state index contributed by atoms with van der Waals surface area (Å²) in [6, 6.07) is 8.26. The Morgan fingerprint density at radius 3 is 1.74 bits per heavy atom. The van der Waals surface area contributed by atoms with E-state index in [9.17, 15) is 24.6 Å². The van der Waals surface area contributed by atoms with Crippen LogP contribution in [0, 0.1) is 6.92 Å². The van der Waals surface area contributed by atoms with E-state index >= 15 is 0 Å². The molecule has 1 rings (SSSR count). The lowest BCUT2D eigenvalue weighted by atomic mass is 10.1. The van der Waals surface area contributed by atoms with E-state index in [0.717, 1.165) is 12.8 Å². The Hall–Kier alpha value is -2.53. The Labute approximate surface area is 209 Å². The molecule has 10 nitrogen and oxygen atoms in total. The van der Waals surface area contributed by atoms with Crippen molar-refractivity contribution < 1.29 is 34.4 Å². The number of ether oxygens (including phenoxy) is 1. The van der Waals surface area contributed by atoms with Crippen molar-refractivity contribution in [2.45, 2.75) is 33.6 Å². The number of hydrogen-bond donors (Lipinski definition) is 3. The van der Waals surface area contributed by atoms with Crippen LogP contribution in [0.1, 0.15) is 31.4 Å². The number of benzene rings is 1. The summed E-state index contributed by atoms with van der Waals surface area (Å²) in [7, 11) is 1.68. The number of rotatable bonds is 19. The molecule has 1 aromatic carbocycles. The van der Waals surface area contributed by atoms with Crippen molar-refractivity contribution in [3.8, 4) is 0 Å². The molecule has 0 atom stereocenters. The molecule has 0 heterocycles. The highest BCUT2D eigenvalue weighted by Gasteiger charge is 2.14. The minimum absolute atomic E-state index is 0.0716. The van der Waals surface area contributed by atoms with E-state index in [1.165, 1.54) is 11.1 Å². The van der Waals surface area contributed by atoms with Gasteiger partial charge in [-0.2, -0.15) is 0 Å². The molecule has 10 heteroatoms. The van der Waals surface area contributed by atoms with E-state index in [1.807, 2.05) is 25.7 Å². The zero-order valence-electron chi connectivity index (χ0n) is 21.6. The molecule has 200 valence electrons. The lowest BCUT2D eigenvalue weighted by Crippen LogP contribution is -2.41. The van der Waals surface area contributed by atoms with E-state index in [4.69, 9.17) is 9.84 Å². The number of aliphatic carboxylic acids is 3.